The molecule has 0 radical (unpaired) electrons. The van der Waals surface area contributed by atoms with Crippen LogP contribution in [0.2, 0.25) is 0 Å². The number of ether oxygens (including phenoxy) is 3. The summed E-state index contributed by atoms with van der Waals surface area (Å²) in [4.78, 5) is 0. The van der Waals surface area contributed by atoms with E-state index in [-0.39, 0.29) is 24.5 Å². The second-order valence-corrected chi connectivity index (χ2v) is 9.77. The van der Waals surface area contributed by atoms with Gasteiger partial charge in [-0.15, -0.1) is 0 Å². The summed E-state index contributed by atoms with van der Waals surface area (Å²) in [6.07, 6.45) is 9.61. The van der Waals surface area contributed by atoms with Gasteiger partial charge >= 0.3 is 0 Å². The van der Waals surface area contributed by atoms with Crippen LogP contribution >= 0.6 is 0 Å². The van der Waals surface area contributed by atoms with Crippen LogP contribution in [0.5, 0.6) is 0 Å². The number of hydrogen-bond donors (Lipinski definition) is 3. The monoisotopic (exact) mass is 461 g/mol. The lowest BCUT2D eigenvalue weighted by atomic mass is 9.63. The van der Waals surface area contributed by atoms with E-state index in [0.717, 1.165) is 25.7 Å². The largest absolute Gasteiger partial charge is 0.396 e. The van der Waals surface area contributed by atoms with E-state index in [2.05, 4.69) is 20.8 Å². The van der Waals surface area contributed by atoms with Crippen LogP contribution in [0.25, 0.3) is 0 Å². The molecule has 6 nitrogen and oxygen atoms in total. The molecule has 32 heavy (non-hydrogen) atoms. The van der Waals surface area contributed by atoms with Gasteiger partial charge in [0.05, 0.1) is 5.41 Å². The Morgan fingerprint density at radius 1 is 0.719 bits per heavy atom. The van der Waals surface area contributed by atoms with Crippen molar-refractivity contribution in [1.82, 2.24) is 0 Å². The Labute approximate surface area is 198 Å². The lowest BCUT2D eigenvalue weighted by molar-refractivity contribution is -0.440. The third kappa shape index (κ3) is 9.55. The predicted molar refractivity (Wildman–Crippen MR) is 132 cm³/mol. The Kier molecular flexibility index (Phi) is 17.1. The van der Waals surface area contributed by atoms with E-state index in [1.54, 1.807) is 0 Å². The molecule has 0 spiro atoms. The van der Waals surface area contributed by atoms with Gasteiger partial charge in [0.25, 0.3) is 5.97 Å². The first kappa shape index (κ1) is 31.8. The summed E-state index contributed by atoms with van der Waals surface area (Å²) in [5.74, 6) is -1.17. The van der Waals surface area contributed by atoms with Crippen molar-refractivity contribution in [2.75, 3.05) is 39.6 Å². The SMILES string of the molecule is CCCCCCCC(CCO)C(CCO)(CCC(C)(C)CN)C(OCC)(OCC)OCC. The minimum Gasteiger partial charge on any atom is -0.396 e. The van der Waals surface area contributed by atoms with Gasteiger partial charge in [-0.2, -0.15) is 0 Å². The van der Waals surface area contributed by atoms with E-state index in [9.17, 15) is 10.2 Å². The Morgan fingerprint density at radius 3 is 1.72 bits per heavy atom. The normalized spacial score (nSPS) is 15.7. The maximum Gasteiger partial charge on any atom is 0.289 e. The zero-order valence-electron chi connectivity index (χ0n) is 22.1. The highest BCUT2D eigenvalue weighted by atomic mass is 16.9. The second-order valence-electron chi connectivity index (χ2n) is 9.77. The zero-order valence-corrected chi connectivity index (χ0v) is 22.1. The molecule has 0 saturated carbocycles. The molecule has 0 aromatic carbocycles. The molecular formula is C26H55NO5. The minimum atomic E-state index is -1.26. The molecule has 0 amide bonds. The Balaban J connectivity index is 6.37. The van der Waals surface area contributed by atoms with E-state index < -0.39 is 11.4 Å². The van der Waals surface area contributed by atoms with Crippen molar-refractivity contribution < 1.29 is 24.4 Å². The smallest absolute Gasteiger partial charge is 0.289 e. The fourth-order valence-electron chi connectivity index (χ4n) is 4.93. The van der Waals surface area contributed by atoms with Crippen molar-refractivity contribution in [2.45, 2.75) is 112 Å². The van der Waals surface area contributed by atoms with Gasteiger partial charge in [0.15, 0.2) is 0 Å². The van der Waals surface area contributed by atoms with E-state index in [0.29, 0.717) is 39.2 Å². The van der Waals surface area contributed by atoms with Crippen molar-refractivity contribution in [3.05, 3.63) is 0 Å². The molecule has 0 bridgehead atoms. The molecule has 0 aliphatic heterocycles. The third-order valence-corrected chi connectivity index (χ3v) is 6.89. The summed E-state index contributed by atoms with van der Waals surface area (Å²) in [7, 11) is 0. The van der Waals surface area contributed by atoms with E-state index >= 15 is 0 Å². The van der Waals surface area contributed by atoms with Crippen molar-refractivity contribution >= 4 is 0 Å². The van der Waals surface area contributed by atoms with Gasteiger partial charge in [0, 0.05) is 33.0 Å². The lowest BCUT2D eigenvalue weighted by Gasteiger charge is -2.53. The van der Waals surface area contributed by atoms with Crippen molar-refractivity contribution in [3.8, 4) is 0 Å². The summed E-state index contributed by atoms with van der Waals surface area (Å²) in [5, 5.41) is 20.3. The van der Waals surface area contributed by atoms with Gasteiger partial charge in [-0.25, -0.2) is 0 Å². The highest BCUT2D eigenvalue weighted by Gasteiger charge is 2.58. The van der Waals surface area contributed by atoms with Crippen molar-refractivity contribution in [3.63, 3.8) is 0 Å². The van der Waals surface area contributed by atoms with Crippen LogP contribution in [0.3, 0.4) is 0 Å². The number of aliphatic hydroxyl groups is 2. The Morgan fingerprint density at radius 2 is 1.28 bits per heavy atom. The first-order chi connectivity index (χ1) is 15.3. The molecule has 0 rings (SSSR count). The highest BCUT2D eigenvalue weighted by Crippen LogP contribution is 2.53. The van der Waals surface area contributed by atoms with Gasteiger partial charge < -0.3 is 30.2 Å². The third-order valence-electron chi connectivity index (χ3n) is 6.89. The van der Waals surface area contributed by atoms with Crippen LogP contribution in [-0.2, 0) is 14.2 Å². The molecule has 2 unspecified atom stereocenters. The van der Waals surface area contributed by atoms with Crippen LogP contribution in [0.15, 0.2) is 0 Å². The first-order valence-electron chi connectivity index (χ1n) is 13.1. The standard InChI is InChI=1S/C26H55NO5/c1-7-11-12-13-14-15-23(16-20-28)25(19-21-29,18-17-24(5,6)22-27)26(30-8-2,31-9-3)32-10-4/h23,28-29H,7-22,27H2,1-6H3. The van der Waals surface area contributed by atoms with Gasteiger partial charge in [-0.3, -0.25) is 0 Å². The number of unbranched alkanes of at least 4 members (excludes halogenated alkanes) is 4. The molecule has 0 aromatic heterocycles. The fourth-order valence-corrected chi connectivity index (χ4v) is 4.93. The topological polar surface area (TPSA) is 94.2 Å². The molecule has 0 fully saturated rings. The van der Waals surface area contributed by atoms with Gasteiger partial charge in [-0.05, 0) is 70.8 Å². The highest BCUT2D eigenvalue weighted by molar-refractivity contribution is 4.96. The Hall–Kier alpha value is -0.240. The number of aliphatic hydroxyl groups excluding tert-OH is 2. The van der Waals surface area contributed by atoms with Gasteiger partial charge in [-0.1, -0.05) is 52.9 Å². The van der Waals surface area contributed by atoms with Crippen molar-refractivity contribution in [1.29, 1.82) is 0 Å². The first-order valence-corrected chi connectivity index (χ1v) is 13.1. The van der Waals surface area contributed by atoms with E-state index in [4.69, 9.17) is 19.9 Å². The summed E-state index contributed by atoms with van der Waals surface area (Å²) >= 11 is 0. The molecule has 0 aromatic rings. The summed E-state index contributed by atoms with van der Waals surface area (Å²) in [6.45, 7) is 14.4. The summed E-state index contributed by atoms with van der Waals surface area (Å²) < 4.78 is 19.0. The summed E-state index contributed by atoms with van der Waals surface area (Å²) in [5.41, 5.74) is 5.43. The Bertz CT molecular complexity index is 429. The summed E-state index contributed by atoms with van der Waals surface area (Å²) in [6, 6.07) is 0. The minimum absolute atomic E-state index is 0.00971. The molecular weight excluding hydrogens is 406 g/mol. The lowest BCUT2D eigenvalue weighted by Crippen LogP contribution is -2.59. The van der Waals surface area contributed by atoms with Crippen LogP contribution < -0.4 is 5.73 Å². The molecule has 4 N–H and O–H groups in total. The van der Waals surface area contributed by atoms with Crippen LogP contribution in [0.4, 0.5) is 0 Å². The average Bonchev–Trinajstić information content (AvgIpc) is 2.76. The zero-order chi connectivity index (χ0) is 24.5. The van der Waals surface area contributed by atoms with Gasteiger partial charge in [0.1, 0.15) is 0 Å². The predicted octanol–water partition coefficient (Wildman–Crippen LogP) is 5.24. The molecule has 0 aliphatic carbocycles. The van der Waals surface area contributed by atoms with Crippen LogP contribution in [0, 0.1) is 16.7 Å². The van der Waals surface area contributed by atoms with Crippen LogP contribution in [-0.4, -0.2) is 55.8 Å². The van der Waals surface area contributed by atoms with E-state index in [1.165, 1.54) is 25.7 Å². The molecule has 0 saturated heterocycles. The average molecular weight is 462 g/mol. The molecule has 194 valence electrons. The second kappa shape index (κ2) is 17.2. The van der Waals surface area contributed by atoms with Gasteiger partial charge in [0.2, 0.25) is 0 Å². The maximum atomic E-state index is 10.3. The van der Waals surface area contributed by atoms with E-state index in [1.807, 2.05) is 20.8 Å². The van der Waals surface area contributed by atoms with Crippen LogP contribution in [0.1, 0.15) is 106 Å². The maximum absolute atomic E-state index is 10.3. The molecule has 2 atom stereocenters. The molecule has 0 aliphatic rings. The fraction of sp³-hybridized carbons (Fsp3) is 1.00. The van der Waals surface area contributed by atoms with Crippen molar-refractivity contribution in [2.24, 2.45) is 22.5 Å². The number of rotatable bonds is 22. The number of hydrogen-bond acceptors (Lipinski definition) is 6. The molecule has 6 heteroatoms. The molecule has 0 heterocycles. The quantitative estimate of drug-likeness (QED) is 0.151. The number of nitrogens with two attached hydrogens (primary N) is 1.